The number of methoxy groups -OCH3 is 1. The van der Waals surface area contributed by atoms with Crippen molar-refractivity contribution in [3.05, 3.63) is 95.8 Å². The van der Waals surface area contributed by atoms with Crippen molar-refractivity contribution >= 4 is 83.5 Å². The third-order valence-corrected chi connectivity index (χ3v) is 15.6. The number of hydroxylamine groups is 2. The molecule has 1 fully saturated rings. The number of anilines is 2. The number of halogens is 1. The lowest BCUT2D eigenvalue weighted by Crippen LogP contribution is -2.54. The summed E-state index contributed by atoms with van der Waals surface area (Å²) in [5.41, 5.74) is 1.17. The fourth-order valence-electron chi connectivity index (χ4n) is 8.68. The van der Waals surface area contributed by atoms with Crippen LogP contribution in [0.1, 0.15) is 70.4 Å². The van der Waals surface area contributed by atoms with Crippen LogP contribution < -0.4 is 9.80 Å². The lowest BCUT2D eigenvalue weighted by Gasteiger charge is -2.45. The number of carbonyl (C=O) groups is 3. The molecule has 1 saturated heterocycles. The summed E-state index contributed by atoms with van der Waals surface area (Å²) in [5.74, 6) is -2.44. The highest BCUT2D eigenvalue weighted by atomic mass is 127. The predicted octanol–water partition coefficient (Wildman–Crippen LogP) is 5.20. The highest BCUT2D eigenvalue weighted by molar-refractivity contribution is 14.1. The number of benzene rings is 2. The average Bonchev–Trinajstić information content (AvgIpc) is 3.75. The van der Waals surface area contributed by atoms with Crippen LogP contribution in [0.5, 0.6) is 0 Å². The van der Waals surface area contributed by atoms with Crippen molar-refractivity contribution in [2.45, 2.75) is 85.5 Å². The molecule has 3 aliphatic heterocycles. The molecule has 0 aromatic heterocycles. The highest BCUT2D eigenvalue weighted by Crippen LogP contribution is 2.55. The van der Waals surface area contributed by atoms with Crippen LogP contribution in [0.25, 0.3) is 0 Å². The summed E-state index contributed by atoms with van der Waals surface area (Å²) in [4.78, 5) is 45.1. The molecule has 4 atom stereocenters. The number of carbonyl (C=O) groups excluding carboxylic acids is 3. The van der Waals surface area contributed by atoms with Gasteiger partial charge >= 0.3 is 5.97 Å². The number of hydrogen-bond donors (Lipinski definition) is 3. The maximum Gasteiger partial charge on any atom is 0.335 e. The van der Waals surface area contributed by atoms with E-state index in [9.17, 15) is 49.6 Å². The van der Waals surface area contributed by atoms with Crippen LogP contribution in [0.3, 0.4) is 0 Å². The molecule has 65 heavy (non-hydrogen) atoms. The first-order valence-electron chi connectivity index (χ1n) is 20.6. The minimum atomic E-state index is -4.59. The van der Waals surface area contributed by atoms with Gasteiger partial charge in [-0.25, -0.2) is 11.5 Å². The molecule has 5 rings (SSSR count). The molecular weight excluding hydrogens is 1020 g/mol. The first kappa shape index (κ1) is 52.1. The minimum Gasteiger partial charge on any atom is -0.395 e. The molecule has 0 aliphatic carbocycles. The molecular formula is C43H54IN3O15S3. The number of imide groups is 1. The van der Waals surface area contributed by atoms with Gasteiger partial charge < -0.3 is 29.2 Å². The molecule has 3 heterocycles. The van der Waals surface area contributed by atoms with E-state index in [-0.39, 0.29) is 63.4 Å². The normalized spacial score (nSPS) is 23.5. The van der Waals surface area contributed by atoms with Gasteiger partial charge in [0.2, 0.25) is 0 Å². The van der Waals surface area contributed by atoms with Gasteiger partial charge in [0, 0.05) is 67.5 Å². The molecule has 3 N–H and O–H groups in total. The van der Waals surface area contributed by atoms with Crippen molar-refractivity contribution < 1.29 is 66.5 Å². The Morgan fingerprint density at radius 3 is 2.20 bits per heavy atom. The number of ether oxygens (including phenoxy) is 2. The zero-order valence-corrected chi connectivity index (χ0v) is 41.0. The standard InChI is InChI=1S/C43H54IN3O15S3/c1-41(21-26-59-4)33-29-31(63(52)62-44)12-14-35(33)45(23-27-60-25-18-40(51)61-47-38(49)16-17-39(47)50)37(41)11-8-6-5-7-9-20-43(3)42(2,19-10-28-64(53,54)55)34-30-32(65(56,57)58)13-15-36(34)46(43)22-24-48/h5-9,11-15,20,29-30,48H,10,16-19,21-28H2,1-4H3,(H,53,54,55)(H,56,57,58)/b7-5+,8-6+,20-9+,37-11+. The molecule has 2 aromatic rings. The van der Waals surface area contributed by atoms with Crippen LogP contribution in [0.2, 0.25) is 0 Å². The van der Waals surface area contributed by atoms with Crippen molar-refractivity contribution in [2.24, 2.45) is 0 Å². The van der Waals surface area contributed by atoms with Gasteiger partial charge in [-0.15, -0.1) is 5.06 Å². The van der Waals surface area contributed by atoms with Gasteiger partial charge in [0.05, 0.1) is 47.3 Å². The van der Waals surface area contributed by atoms with E-state index in [1.165, 1.54) is 12.1 Å². The van der Waals surface area contributed by atoms with Crippen LogP contribution in [0, 0.1) is 0 Å². The van der Waals surface area contributed by atoms with Gasteiger partial charge in [0.25, 0.3) is 32.1 Å². The quantitative estimate of drug-likeness (QED) is 0.0426. The fraction of sp³-hybridized carbons (Fsp3) is 0.465. The smallest absolute Gasteiger partial charge is 0.335 e. The van der Waals surface area contributed by atoms with Crippen molar-refractivity contribution in [3.63, 3.8) is 0 Å². The summed E-state index contributed by atoms with van der Waals surface area (Å²) in [6.07, 6.45) is 13.5. The Hall–Kier alpha value is -3.85. The van der Waals surface area contributed by atoms with Gasteiger partial charge in [0.15, 0.2) is 11.1 Å². The molecule has 4 unspecified atom stereocenters. The van der Waals surface area contributed by atoms with Crippen molar-refractivity contribution in [2.75, 3.05) is 62.2 Å². The number of aliphatic hydroxyl groups is 1. The first-order valence-corrected chi connectivity index (χ1v) is 25.6. The van der Waals surface area contributed by atoms with Gasteiger partial charge in [0.1, 0.15) is 23.0 Å². The van der Waals surface area contributed by atoms with Crippen LogP contribution in [0.4, 0.5) is 11.4 Å². The Labute approximate surface area is 396 Å². The van der Waals surface area contributed by atoms with Gasteiger partial charge in [-0.2, -0.15) is 16.8 Å². The Morgan fingerprint density at radius 2 is 1.55 bits per heavy atom. The molecule has 2 amide bonds. The predicted molar refractivity (Wildman–Crippen MR) is 249 cm³/mol. The Bertz CT molecular complexity index is 2480. The van der Waals surface area contributed by atoms with E-state index in [4.69, 9.17) is 16.8 Å². The van der Waals surface area contributed by atoms with Crippen LogP contribution in [-0.4, -0.2) is 116 Å². The molecule has 18 nitrogen and oxygen atoms in total. The largest absolute Gasteiger partial charge is 0.395 e. The number of allylic oxidation sites excluding steroid dienone is 7. The Kier molecular flexibility index (Phi) is 17.5. The van der Waals surface area contributed by atoms with E-state index in [0.717, 1.165) is 16.9 Å². The summed E-state index contributed by atoms with van der Waals surface area (Å²) in [6, 6.07) is 9.62. The molecule has 356 valence electrons. The average molecular weight is 1080 g/mol. The molecule has 0 radical (unpaired) electrons. The topological polar surface area (TPSA) is 244 Å². The van der Waals surface area contributed by atoms with E-state index in [1.807, 2.05) is 55.2 Å². The summed E-state index contributed by atoms with van der Waals surface area (Å²) in [6.45, 7) is 6.58. The number of aliphatic hydroxyl groups excluding tert-OH is 1. The Balaban J connectivity index is 1.41. The molecule has 0 bridgehead atoms. The third kappa shape index (κ3) is 11.8. The molecule has 3 aliphatic rings. The molecule has 2 aromatic carbocycles. The second kappa shape index (κ2) is 21.8. The number of β-amino-alcohol motifs (C(OH)–C–C–N with tert-alkyl or cyclic N) is 1. The van der Waals surface area contributed by atoms with Gasteiger partial charge in [-0.1, -0.05) is 43.4 Å². The number of nitrogens with zero attached hydrogens (tertiary/aromatic N) is 3. The number of rotatable bonds is 23. The van der Waals surface area contributed by atoms with E-state index in [2.05, 4.69) is 11.8 Å². The van der Waals surface area contributed by atoms with Gasteiger partial charge in [-0.05, 0) is 86.7 Å². The summed E-state index contributed by atoms with van der Waals surface area (Å²) >= 11 is -0.123. The van der Waals surface area contributed by atoms with Crippen LogP contribution in [-0.2, 0) is 73.4 Å². The summed E-state index contributed by atoms with van der Waals surface area (Å²) in [7, 11) is -7.28. The second-order valence-electron chi connectivity index (χ2n) is 16.2. The first-order chi connectivity index (χ1) is 30.6. The highest BCUT2D eigenvalue weighted by Gasteiger charge is 2.55. The van der Waals surface area contributed by atoms with Crippen molar-refractivity contribution in [1.29, 1.82) is 0 Å². The monoisotopic (exact) mass is 1080 g/mol. The summed E-state index contributed by atoms with van der Waals surface area (Å²) < 4.78 is 96.4. The molecule has 22 heteroatoms. The maximum absolute atomic E-state index is 12.8. The zero-order valence-electron chi connectivity index (χ0n) is 36.4. The maximum atomic E-state index is 12.8. The fourth-order valence-corrected chi connectivity index (χ4v) is 10.8. The second-order valence-corrected chi connectivity index (χ2v) is 21.3. The van der Waals surface area contributed by atoms with E-state index >= 15 is 0 Å². The molecule has 0 spiro atoms. The Morgan fingerprint density at radius 1 is 0.877 bits per heavy atom. The SMILES string of the molecule is COCCC1(C)\C(=C/C=C/C=C/C=C/C2(C)N(CCO)c3ccc(S(=O)(=O)O)cc3C2(C)CCCS(=O)(=O)O)N(CCOCCC(=O)ON2C(=O)CCC2=O)c2ccc(S(=O)OI)cc21. The van der Waals surface area contributed by atoms with Crippen LogP contribution in [0.15, 0.2) is 94.4 Å². The van der Waals surface area contributed by atoms with E-state index in [1.54, 1.807) is 60.5 Å². The zero-order chi connectivity index (χ0) is 47.8. The summed E-state index contributed by atoms with van der Waals surface area (Å²) in [5, 5.41) is 10.6. The van der Waals surface area contributed by atoms with E-state index in [0.29, 0.717) is 40.8 Å². The van der Waals surface area contributed by atoms with Crippen molar-refractivity contribution in [1.82, 2.24) is 5.06 Å². The number of hydrogen-bond acceptors (Lipinski definition) is 15. The van der Waals surface area contributed by atoms with Crippen molar-refractivity contribution in [3.8, 4) is 0 Å². The number of fused-ring (bicyclic) bond motifs is 2. The minimum absolute atomic E-state index is 0.0119. The van der Waals surface area contributed by atoms with Gasteiger partial charge in [-0.3, -0.25) is 18.7 Å². The lowest BCUT2D eigenvalue weighted by molar-refractivity contribution is -0.198. The third-order valence-electron chi connectivity index (χ3n) is 12.2. The number of amides is 2. The molecule has 0 saturated carbocycles. The van der Waals surface area contributed by atoms with E-state index < -0.39 is 71.2 Å². The lowest BCUT2D eigenvalue weighted by atomic mass is 9.67. The van der Waals surface area contributed by atoms with Crippen LogP contribution >= 0.6 is 23.0 Å².